The lowest BCUT2D eigenvalue weighted by molar-refractivity contribution is 0.665. The number of hydrogen-bond donors (Lipinski definition) is 0. The molecule has 4 atom stereocenters. The van der Waals surface area contributed by atoms with Crippen molar-refractivity contribution in [3.63, 3.8) is 0 Å². The van der Waals surface area contributed by atoms with Crippen LogP contribution in [0.25, 0.3) is 55.0 Å². The Hall–Kier alpha value is -6.76. The number of hydrogen-bond acceptors (Lipinski definition) is 0. The molecule has 0 bridgehead atoms. The average molecular weight is 713 g/mol. The Kier molecular flexibility index (Phi) is 7.88. The second-order valence-electron chi connectivity index (χ2n) is 15.5. The Bertz CT molecular complexity index is 2940. The summed E-state index contributed by atoms with van der Waals surface area (Å²) in [5, 5.41) is 7.88. The molecule has 4 unspecified atom stereocenters. The van der Waals surface area contributed by atoms with Gasteiger partial charge in [0.05, 0.1) is 0 Å². The van der Waals surface area contributed by atoms with Gasteiger partial charge in [0.1, 0.15) is 0 Å². The molecule has 0 amide bonds. The second-order valence-corrected chi connectivity index (χ2v) is 15.5. The molecule has 0 heteroatoms. The van der Waals surface area contributed by atoms with Crippen molar-refractivity contribution in [2.24, 2.45) is 23.7 Å². The van der Waals surface area contributed by atoms with Gasteiger partial charge in [-0.25, -0.2) is 0 Å². The third-order valence-corrected chi connectivity index (χ3v) is 12.4. The van der Waals surface area contributed by atoms with Crippen molar-refractivity contribution >= 4 is 43.8 Å². The largest absolute Gasteiger partial charge is 0.0761 e. The highest BCUT2D eigenvalue weighted by Gasteiger charge is 2.34. The second kappa shape index (κ2) is 13.5. The van der Waals surface area contributed by atoms with Crippen LogP contribution in [0, 0.1) is 23.7 Å². The van der Waals surface area contributed by atoms with Crippen molar-refractivity contribution in [3.8, 4) is 11.1 Å². The van der Waals surface area contributed by atoms with Crippen molar-refractivity contribution in [2.45, 2.75) is 0 Å². The Morgan fingerprint density at radius 3 is 1.34 bits per heavy atom. The monoisotopic (exact) mass is 712 g/mol. The lowest BCUT2D eigenvalue weighted by atomic mass is 9.68. The zero-order chi connectivity index (χ0) is 37.0. The van der Waals surface area contributed by atoms with Gasteiger partial charge >= 0.3 is 0 Å². The molecule has 7 aromatic carbocycles. The molecule has 7 aromatic rings. The van der Waals surface area contributed by atoms with E-state index in [-0.39, 0.29) is 11.8 Å². The fraction of sp³-hybridized carbons (Fsp3) is 0.0714. The number of allylic oxidation sites excluding steroid dienone is 12. The van der Waals surface area contributed by atoms with E-state index in [1.807, 2.05) is 0 Å². The van der Waals surface area contributed by atoms with Crippen LogP contribution in [0.3, 0.4) is 0 Å². The first kappa shape index (κ1) is 32.7. The van der Waals surface area contributed by atoms with Gasteiger partial charge in [-0.3, -0.25) is 0 Å². The minimum atomic E-state index is 0.184. The highest BCUT2D eigenvalue weighted by Crippen LogP contribution is 2.47. The normalized spacial score (nSPS) is 20.7. The predicted molar refractivity (Wildman–Crippen MR) is 237 cm³/mol. The lowest BCUT2D eigenvalue weighted by Crippen LogP contribution is -2.40. The molecule has 0 N–H and O–H groups in total. The molecule has 0 fully saturated rings. The van der Waals surface area contributed by atoms with E-state index in [0.717, 1.165) is 0 Å². The molecule has 0 nitrogen and oxygen atoms in total. The zero-order valence-corrected chi connectivity index (χ0v) is 31.1. The molecule has 0 saturated carbocycles. The summed E-state index contributed by atoms with van der Waals surface area (Å²) in [5.41, 5.74) is 13.1. The Balaban J connectivity index is 1.12. The summed E-state index contributed by atoms with van der Waals surface area (Å²) in [5.74, 6) is 1.05. The van der Waals surface area contributed by atoms with Crippen LogP contribution in [0.5, 0.6) is 0 Å². The molecule has 0 radical (unpaired) electrons. The standard InChI is InChI=1S/C56H40/c1-3-15-37(16-4-1)39-27-29-40(30-28-39)53-45-19-7-11-23-49(45)55(50-24-12-8-20-46(50)53)56-51-25-13-9-21-47(51)54(48-22-10-14-26-52(48)56)44-34-33-42-35-41(31-32-43(42)36-44)38-17-5-2-6-18-38/h1-36,42-43,45,49H. The van der Waals surface area contributed by atoms with Gasteiger partial charge < -0.3 is 0 Å². The van der Waals surface area contributed by atoms with Gasteiger partial charge in [-0.05, 0) is 87.7 Å². The van der Waals surface area contributed by atoms with Crippen LogP contribution in [0.2, 0.25) is 0 Å². The van der Waals surface area contributed by atoms with E-state index in [0.29, 0.717) is 11.8 Å². The number of fused-ring (bicyclic) bond motifs is 5. The van der Waals surface area contributed by atoms with Crippen LogP contribution in [0.1, 0.15) is 22.3 Å². The molecular formula is C56H40. The van der Waals surface area contributed by atoms with E-state index in [4.69, 9.17) is 0 Å². The maximum Gasteiger partial charge on any atom is 0.0138 e. The van der Waals surface area contributed by atoms with Gasteiger partial charge in [-0.2, -0.15) is 0 Å². The maximum absolute atomic E-state index is 2.51. The van der Waals surface area contributed by atoms with E-state index in [1.165, 1.54) is 87.7 Å². The van der Waals surface area contributed by atoms with Gasteiger partial charge in [0.25, 0.3) is 0 Å². The molecule has 0 aromatic heterocycles. The minimum Gasteiger partial charge on any atom is -0.0761 e. The molecule has 11 rings (SSSR count). The average Bonchev–Trinajstić information content (AvgIpc) is 3.28. The van der Waals surface area contributed by atoms with Gasteiger partial charge in [0.2, 0.25) is 0 Å². The van der Waals surface area contributed by atoms with Gasteiger partial charge in [-0.15, -0.1) is 0 Å². The van der Waals surface area contributed by atoms with E-state index in [1.54, 1.807) is 0 Å². The van der Waals surface area contributed by atoms with Gasteiger partial charge in [-0.1, -0.05) is 218 Å². The first-order valence-electron chi connectivity index (χ1n) is 19.9. The van der Waals surface area contributed by atoms with E-state index in [9.17, 15) is 0 Å². The molecule has 0 aliphatic heterocycles. The maximum atomic E-state index is 2.51. The highest BCUT2D eigenvalue weighted by molar-refractivity contribution is 6.17. The predicted octanol–water partition coefficient (Wildman–Crippen LogP) is 12.3. The smallest absolute Gasteiger partial charge is 0.0138 e. The molecule has 0 saturated heterocycles. The number of rotatable bonds is 5. The summed E-state index contributed by atoms with van der Waals surface area (Å²) in [6.45, 7) is 0. The van der Waals surface area contributed by atoms with Crippen molar-refractivity contribution < 1.29 is 0 Å². The minimum absolute atomic E-state index is 0.184. The van der Waals surface area contributed by atoms with Crippen molar-refractivity contribution in [3.05, 3.63) is 251 Å². The fourth-order valence-corrected chi connectivity index (χ4v) is 9.86. The molecule has 4 aliphatic rings. The Labute approximate surface area is 328 Å². The van der Waals surface area contributed by atoms with Crippen LogP contribution in [0.15, 0.2) is 218 Å². The van der Waals surface area contributed by atoms with Crippen LogP contribution in [0.4, 0.5) is 0 Å². The van der Waals surface area contributed by atoms with Crippen LogP contribution in [-0.4, -0.2) is 0 Å². The third kappa shape index (κ3) is 5.36. The SMILES string of the molecule is C1=CC2C(c3ccc(-c4ccccc4)cc3)=c3ccccc3=C(c3c4ccccc4c(C4=CC5C=CC(c6ccccc6)=CC5C=C4)c4ccccc34)C2C=C1. The molecule has 56 heavy (non-hydrogen) atoms. The van der Waals surface area contributed by atoms with Gasteiger partial charge in [0.15, 0.2) is 0 Å². The topological polar surface area (TPSA) is 0 Å². The summed E-state index contributed by atoms with van der Waals surface area (Å²) in [4.78, 5) is 0. The van der Waals surface area contributed by atoms with E-state index in [2.05, 4.69) is 218 Å². The summed E-state index contributed by atoms with van der Waals surface area (Å²) in [6, 6.07) is 58.1. The molecule has 4 aliphatic carbocycles. The molecule has 0 spiro atoms. The van der Waals surface area contributed by atoms with Crippen LogP contribution >= 0.6 is 0 Å². The van der Waals surface area contributed by atoms with Crippen LogP contribution < -0.4 is 10.4 Å². The zero-order valence-electron chi connectivity index (χ0n) is 31.1. The Morgan fingerprint density at radius 2 is 0.732 bits per heavy atom. The molecule has 264 valence electrons. The first-order chi connectivity index (χ1) is 27.8. The summed E-state index contributed by atoms with van der Waals surface area (Å²) < 4.78 is 0. The lowest BCUT2D eigenvalue weighted by Gasteiger charge is -2.34. The Morgan fingerprint density at radius 1 is 0.304 bits per heavy atom. The van der Waals surface area contributed by atoms with E-state index < -0.39 is 0 Å². The summed E-state index contributed by atoms with van der Waals surface area (Å²) in [7, 11) is 0. The molecular weight excluding hydrogens is 673 g/mol. The summed E-state index contributed by atoms with van der Waals surface area (Å²) >= 11 is 0. The van der Waals surface area contributed by atoms with Crippen molar-refractivity contribution in [1.29, 1.82) is 0 Å². The summed E-state index contributed by atoms with van der Waals surface area (Å²) in [6.07, 6.45) is 23.8. The van der Waals surface area contributed by atoms with Crippen LogP contribution in [-0.2, 0) is 0 Å². The van der Waals surface area contributed by atoms with Crippen molar-refractivity contribution in [2.75, 3.05) is 0 Å². The van der Waals surface area contributed by atoms with Crippen molar-refractivity contribution in [1.82, 2.24) is 0 Å². The number of benzene rings is 7. The first-order valence-corrected chi connectivity index (χ1v) is 19.9. The highest BCUT2D eigenvalue weighted by atomic mass is 14.4. The third-order valence-electron chi connectivity index (χ3n) is 12.4. The fourth-order valence-electron chi connectivity index (χ4n) is 9.86. The van der Waals surface area contributed by atoms with E-state index >= 15 is 0 Å². The quantitative estimate of drug-likeness (QED) is 0.156. The molecule has 0 heterocycles. The van der Waals surface area contributed by atoms with Gasteiger partial charge in [0, 0.05) is 23.7 Å².